The molecular weight excluding hydrogens is 338 g/mol. The molecule has 0 saturated carbocycles. The minimum absolute atomic E-state index is 0.0910. The molecule has 1 aliphatic rings. The van der Waals surface area contributed by atoms with Crippen molar-refractivity contribution in [3.8, 4) is 0 Å². The maximum atomic E-state index is 12.4. The molecule has 0 radical (unpaired) electrons. The highest BCUT2D eigenvalue weighted by molar-refractivity contribution is 6.33. The summed E-state index contributed by atoms with van der Waals surface area (Å²) in [6.45, 7) is 1.92. The number of aromatic nitrogens is 1. The van der Waals surface area contributed by atoms with E-state index in [1.165, 1.54) is 0 Å². The smallest absolute Gasteiger partial charge is 0.410 e. The van der Waals surface area contributed by atoms with E-state index in [0.29, 0.717) is 5.02 Å². The molecular formula is C19H22ClN3O2. The molecule has 0 aliphatic carbocycles. The summed E-state index contributed by atoms with van der Waals surface area (Å²) in [5.41, 5.74) is 1.90. The van der Waals surface area contributed by atoms with Gasteiger partial charge in [-0.25, -0.2) is 4.79 Å². The van der Waals surface area contributed by atoms with Crippen LogP contribution < -0.4 is 4.90 Å². The van der Waals surface area contributed by atoms with Gasteiger partial charge in [-0.05, 0) is 24.5 Å². The van der Waals surface area contributed by atoms with E-state index >= 15 is 0 Å². The number of nitrogens with zero attached hydrogens (tertiary/aromatic N) is 3. The van der Waals surface area contributed by atoms with E-state index in [2.05, 4.69) is 9.88 Å². The fraction of sp³-hybridized carbons (Fsp3) is 0.368. The second kappa shape index (κ2) is 8.21. The Morgan fingerprint density at radius 1 is 1.36 bits per heavy atom. The minimum Gasteiger partial charge on any atom is -0.445 e. The normalized spacial score (nSPS) is 17.2. The topological polar surface area (TPSA) is 45.7 Å². The molecule has 1 atom stereocenters. The van der Waals surface area contributed by atoms with Gasteiger partial charge in [0.05, 0.1) is 22.9 Å². The Kier molecular flexibility index (Phi) is 5.76. The molecule has 25 heavy (non-hydrogen) atoms. The first-order valence-electron chi connectivity index (χ1n) is 8.43. The Labute approximate surface area is 153 Å². The monoisotopic (exact) mass is 359 g/mol. The number of benzene rings is 1. The van der Waals surface area contributed by atoms with Crippen molar-refractivity contribution in [1.82, 2.24) is 9.88 Å². The SMILES string of the molecule is CN(C(=O)OCc1ccccc1)[C@@H]1CCCN(c2cnccc2Cl)C1. The Hall–Kier alpha value is -2.27. The van der Waals surface area contributed by atoms with Crippen LogP contribution in [0.1, 0.15) is 18.4 Å². The lowest BCUT2D eigenvalue weighted by Crippen LogP contribution is -2.48. The number of amides is 1. The molecule has 0 bridgehead atoms. The van der Waals surface area contributed by atoms with Crippen molar-refractivity contribution in [2.75, 3.05) is 25.0 Å². The van der Waals surface area contributed by atoms with E-state index in [0.717, 1.165) is 37.2 Å². The lowest BCUT2D eigenvalue weighted by atomic mass is 10.0. The second-order valence-corrected chi connectivity index (χ2v) is 6.63. The zero-order valence-corrected chi connectivity index (χ0v) is 15.0. The van der Waals surface area contributed by atoms with Crippen LogP contribution >= 0.6 is 11.6 Å². The molecule has 0 N–H and O–H groups in total. The molecule has 6 heteroatoms. The van der Waals surface area contributed by atoms with Crippen LogP contribution in [0.5, 0.6) is 0 Å². The Balaban J connectivity index is 1.58. The highest BCUT2D eigenvalue weighted by Gasteiger charge is 2.28. The third-order valence-corrected chi connectivity index (χ3v) is 4.85. The third kappa shape index (κ3) is 4.42. The number of ether oxygens (including phenoxy) is 1. The van der Waals surface area contributed by atoms with Crippen LogP contribution in [0.3, 0.4) is 0 Å². The van der Waals surface area contributed by atoms with Crippen LogP contribution in [0, 0.1) is 0 Å². The highest BCUT2D eigenvalue weighted by atomic mass is 35.5. The predicted molar refractivity (Wildman–Crippen MR) is 98.9 cm³/mol. The standard InChI is InChI=1S/C19H22ClN3O2/c1-22(19(24)25-14-15-6-3-2-4-7-15)16-8-5-11-23(13-16)18-12-21-10-9-17(18)20/h2-4,6-7,9-10,12,16H,5,8,11,13-14H2,1H3/t16-/m1/s1. The highest BCUT2D eigenvalue weighted by Crippen LogP contribution is 2.28. The van der Waals surface area contributed by atoms with Gasteiger partial charge in [-0.2, -0.15) is 0 Å². The molecule has 132 valence electrons. The van der Waals surface area contributed by atoms with Gasteiger partial charge in [-0.1, -0.05) is 41.9 Å². The Bertz CT molecular complexity index is 711. The predicted octanol–water partition coefficient (Wildman–Crippen LogP) is 3.97. The van der Waals surface area contributed by atoms with Crippen molar-refractivity contribution in [1.29, 1.82) is 0 Å². The van der Waals surface area contributed by atoms with Crippen molar-refractivity contribution in [3.05, 3.63) is 59.4 Å². The van der Waals surface area contributed by atoms with E-state index in [-0.39, 0.29) is 18.7 Å². The van der Waals surface area contributed by atoms with Crippen molar-refractivity contribution < 1.29 is 9.53 Å². The Morgan fingerprint density at radius 3 is 2.92 bits per heavy atom. The van der Waals surface area contributed by atoms with Crippen LogP contribution in [-0.4, -0.2) is 42.2 Å². The Morgan fingerprint density at radius 2 is 2.16 bits per heavy atom. The summed E-state index contributed by atoms with van der Waals surface area (Å²) < 4.78 is 5.44. The molecule has 1 aromatic carbocycles. The largest absolute Gasteiger partial charge is 0.445 e. The molecule has 1 fully saturated rings. The number of anilines is 1. The van der Waals surface area contributed by atoms with Crippen LogP contribution in [0.25, 0.3) is 0 Å². The summed E-state index contributed by atoms with van der Waals surface area (Å²) in [5, 5.41) is 0.685. The molecule has 3 rings (SSSR count). The summed E-state index contributed by atoms with van der Waals surface area (Å²) in [6, 6.07) is 11.6. The number of pyridine rings is 1. The van der Waals surface area contributed by atoms with E-state index in [1.807, 2.05) is 30.3 Å². The molecule has 2 heterocycles. The van der Waals surface area contributed by atoms with Crippen LogP contribution in [0.4, 0.5) is 10.5 Å². The number of hydrogen-bond acceptors (Lipinski definition) is 4. The minimum atomic E-state index is -0.298. The van der Waals surface area contributed by atoms with Gasteiger partial charge in [0.1, 0.15) is 6.61 Å². The molecule has 2 aromatic rings. The first-order chi connectivity index (χ1) is 12.1. The van der Waals surface area contributed by atoms with Crippen LogP contribution in [-0.2, 0) is 11.3 Å². The molecule has 1 aliphatic heterocycles. The number of carbonyl (C=O) groups excluding carboxylic acids is 1. The second-order valence-electron chi connectivity index (χ2n) is 6.22. The average Bonchev–Trinajstić information content (AvgIpc) is 2.67. The summed E-state index contributed by atoms with van der Waals surface area (Å²) in [4.78, 5) is 20.4. The first kappa shape index (κ1) is 17.5. The van der Waals surface area contributed by atoms with Crippen LogP contribution in [0.2, 0.25) is 5.02 Å². The number of hydrogen-bond donors (Lipinski definition) is 0. The quantitative estimate of drug-likeness (QED) is 0.828. The van der Waals surface area contributed by atoms with Crippen molar-refractivity contribution in [2.24, 2.45) is 0 Å². The van der Waals surface area contributed by atoms with E-state index < -0.39 is 0 Å². The first-order valence-corrected chi connectivity index (χ1v) is 8.81. The zero-order valence-electron chi connectivity index (χ0n) is 14.3. The van der Waals surface area contributed by atoms with E-state index in [4.69, 9.17) is 16.3 Å². The zero-order chi connectivity index (χ0) is 17.6. The van der Waals surface area contributed by atoms with Crippen molar-refractivity contribution in [3.63, 3.8) is 0 Å². The van der Waals surface area contributed by atoms with Gasteiger partial charge in [-0.3, -0.25) is 4.98 Å². The summed E-state index contributed by atoms with van der Waals surface area (Å²) >= 11 is 6.28. The number of rotatable bonds is 4. The number of carbonyl (C=O) groups is 1. The van der Waals surface area contributed by atoms with Gasteiger partial charge >= 0.3 is 6.09 Å². The van der Waals surface area contributed by atoms with E-state index in [9.17, 15) is 4.79 Å². The van der Waals surface area contributed by atoms with Gasteiger partial charge in [0.15, 0.2) is 0 Å². The molecule has 0 unspecified atom stereocenters. The molecule has 1 amide bonds. The maximum Gasteiger partial charge on any atom is 0.410 e. The van der Waals surface area contributed by atoms with Gasteiger partial charge < -0.3 is 14.5 Å². The lowest BCUT2D eigenvalue weighted by molar-refractivity contribution is 0.0879. The summed E-state index contributed by atoms with van der Waals surface area (Å²) in [5.74, 6) is 0. The fourth-order valence-corrected chi connectivity index (χ4v) is 3.29. The molecule has 1 aromatic heterocycles. The number of likely N-dealkylation sites (N-methyl/N-ethyl adjacent to an activating group) is 1. The molecule has 0 spiro atoms. The summed E-state index contributed by atoms with van der Waals surface area (Å²) in [6.07, 6.45) is 5.10. The van der Waals surface area contributed by atoms with E-state index in [1.54, 1.807) is 30.4 Å². The van der Waals surface area contributed by atoms with Crippen LogP contribution in [0.15, 0.2) is 48.8 Å². The fourth-order valence-electron chi connectivity index (χ4n) is 3.06. The molecule has 1 saturated heterocycles. The average molecular weight is 360 g/mol. The van der Waals surface area contributed by atoms with Gasteiger partial charge in [0.2, 0.25) is 0 Å². The number of halogens is 1. The summed E-state index contributed by atoms with van der Waals surface area (Å²) in [7, 11) is 1.80. The van der Waals surface area contributed by atoms with Gasteiger partial charge in [0, 0.05) is 26.3 Å². The van der Waals surface area contributed by atoms with Crippen molar-refractivity contribution >= 4 is 23.4 Å². The maximum absolute atomic E-state index is 12.4. The molecule has 5 nitrogen and oxygen atoms in total. The van der Waals surface area contributed by atoms with Crippen molar-refractivity contribution in [2.45, 2.75) is 25.5 Å². The third-order valence-electron chi connectivity index (χ3n) is 4.53. The lowest BCUT2D eigenvalue weighted by Gasteiger charge is -2.38. The number of piperidine rings is 1. The van der Waals surface area contributed by atoms with Gasteiger partial charge in [0.25, 0.3) is 0 Å². The van der Waals surface area contributed by atoms with Gasteiger partial charge in [-0.15, -0.1) is 0 Å².